The van der Waals surface area contributed by atoms with Crippen molar-refractivity contribution in [2.45, 2.75) is 59.0 Å². The van der Waals surface area contributed by atoms with Gasteiger partial charge < -0.3 is 14.9 Å². The van der Waals surface area contributed by atoms with Crippen LogP contribution in [0.25, 0.3) is 0 Å². The maximum Gasteiger partial charge on any atom is 0.139 e. The van der Waals surface area contributed by atoms with Crippen molar-refractivity contribution in [1.29, 1.82) is 0 Å². The molecule has 0 radical (unpaired) electrons. The van der Waals surface area contributed by atoms with Crippen LogP contribution >= 0.6 is 0 Å². The number of hydrogen-bond acceptors (Lipinski definition) is 4. The molecule has 1 aliphatic carbocycles. The third kappa shape index (κ3) is 3.18. The molecule has 108 valence electrons. The van der Waals surface area contributed by atoms with Gasteiger partial charge in [-0.1, -0.05) is 32.9 Å². The predicted octanol–water partition coefficient (Wildman–Crippen LogP) is 2.16. The van der Waals surface area contributed by atoms with Gasteiger partial charge in [-0.2, -0.15) is 0 Å². The molecule has 1 fully saturated rings. The maximum absolute atomic E-state index is 8.87. The number of aliphatic hydroxyl groups is 1. The maximum atomic E-state index is 8.87. The fourth-order valence-corrected chi connectivity index (χ4v) is 2.98. The zero-order chi connectivity index (χ0) is 14.0. The molecule has 1 saturated carbocycles. The van der Waals surface area contributed by atoms with Crippen molar-refractivity contribution in [3.8, 4) is 0 Å². The Labute approximate surface area is 115 Å². The van der Waals surface area contributed by atoms with Crippen LogP contribution < -0.4 is 5.32 Å². The van der Waals surface area contributed by atoms with Crippen molar-refractivity contribution in [2.75, 3.05) is 6.61 Å². The molecule has 2 unspecified atom stereocenters. The molecular weight excluding hydrogens is 240 g/mol. The lowest BCUT2D eigenvalue weighted by molar-refractivity contribution is 0.00900. The molecule has 0 spiro atoms. The van der Waals surface area contributed by atoms with Gasteiger partial charge in [0.1, 0.15) is 5.76 Å². The molecule has 0 bridgehead atoms. The van der Waals surface area contributed by atoms with Crippen LogP contribution in [-0.4, -0.2) is 29.0 Å². The largest absolute Gasteiger partial charge is 0.396 e. The van der Waals surface area contributed by atoms with E-state index in [-0.39, 0.29) is 6.61 Å². The summed E-state index contributed by atoms with van der Waals surface area (Å²) in [5, 5.41) is 16.6. The van der Waals surface area contributed by atoms with Gasteiger partial charge in [0.2, 0.25) is 0 Å². The summed E-state index contributed by atoms with van der Waals surface area (Å²) in [5.74, 6) is 1.43. The zero-order valence-corrected chi connectivity index (χ0v) is 12.4. The Hall–Kier alpha value is -0.870. The van der Waals surface area contributed by atoms with Crippen LogP contribution in [0.4, 0.5) is 0 Å². The summed E-state index contributed by atoms with van der Waals surface area (Å²) in [5.41, 5.74) is 1.32. The van der Waals surface area contributed by atoms with E-state index in [0.717, 1.165) is 17.9 Å². The highest BCUT2D eigenvalue weighted by Gasteiger charge is 2.47. The first-order chi connectivity index (χ1) is 8.93. The Balaban J connectivity index is 1.90. The van der Waals surface area contributed by atoms with Gasteiger partial charge in [-0.15, -0.1) is 0 Å². The molecule has 0 aliphatic heterocycles. The molecule has 1 aromatic rings. The molecule has 1 heterocycles. The Morgan fingerprint density at radius 3 is 2.84 bits per heavy atom. The molecule has 19 heavy (non-hydrogen) atoms. The number of nitrogens with zero attached hydrogens (tertiary/aromatic N) is 1. The predicted molar refractivity (Wildman–Crippen MR) is 74.9 cm³/mol. The first kappa shape index (κ1) is 14.5. The standard InChI is InChI=1S/C15H26N2O2/c1-10(2)16-14-8-11(15(14,3)4)7-12-9-13(5-6-18)19-17-12/h9-11,14,16,18H,5-8H2,1-4H3. The summed E-state index contributed by atoms with van der Waals surface area (Å²) in [6.07, 6.45) is 2.73. The highest BCUT2D eigenvalue weighted by Crippen LogP contribution is 2.47. The van der Waals surface area contributed by atoms with E-state index in [4.69, 9.17) is 9.63 Å². The second-order valence-corrected chi connectivity index (χ2v) is 6.59. The molecule has 4 nitrogen and oxygen atoms in total. The number of nitrogens with one attached hydrogen (secondary N) is 1. The van der Waals surface area contributed by atoms with Gasteiger partial charge in [-0.3, -0.25) is 0 Å². The minimum absolute atomic E-state index is 0.115. The van der Waals surface area contributed by atoms with Crippen molar-refractivity contribution in [1.82, 2.24) is 10.5 Å². The van der Waals surface area contributed by atoms with Gasteiger partial charge in [0.25, 0.3) is 0 Å². The van der Waals surface area contributed by atoms with Crippen molar-refractivity contribution < 1.29 is 9.63 Å². The van der Waals surface area contributed by atoms with Crippen LogP contribution in [0.2, 0.25) is 0 Å². The molecule has 0 amide bonds. The minimum atomic E-state index is 0.115. The molecule has 4 heteroatoms. The van der Waals surface area contributed by atoms with Gasteiger partial charge in [0.15, 0.2) is 0 Å². The molecule has 0 aromatic carbocycles. The normalized spacial score (nSPS) is 25.6. The number of aliphatic hydroxyl groups excluding tert-OH is 1. The smallest absolute Gasteiger partial charge is 0.139 e. The molecule has 2 atom stereocenters. The third-order valence-electron chi connectivity index (χ3n) is 4.43. The average Bonchev–Trinajstić information content (AvgIpc) is 2.75. The van der Waals surface area contributed by atoms with Gasteiger partial charge >= 0.3 is 0 Å². The summed E-state index contributed by atoms with van der Waals surface area (Å²) in [6.45, 7) is 9.17. The minimum Gasteiger partial charge on any atom is -0.396 e. The van der Waals surface area contributed by atoms with Gasteiger partial charge in [-0.05, 0) is 24.2 Å². The van der Waals surface area contributed by atoms with E-state index in [1.54, 1.807) is 0 Å². The first-order valence-corrected chi connectivity index (χ1v) is 7.25. The van der Waals surface area contributed by atoms with E-state index < -0.39 is 0 Å². The second-order valence-electron chi connectivity index (χ2n) is 6.59. The van der Waals surface area contributed by atoms with Crippen molar-refractivity contribution >= 4 is 0 Å². The second kappa shape index (κ2) is 5.63. The SMILES string of the molecule is CC(C)NC1CC(Cc2cc(CCO)on2)C1(C)C. The van der Waals surface area contributed by atoms with E-state index in [2.05, 4.69) is 38.2 Å². The van der Waals surface area contributed by atoms with Crippen LogP contribution in [0, 0.1) is 11.3 Å². The topological polar surface area (TPSA) is 58.3 Å². The lowest BCUT2D eigenvalue weighted by atomic mass is 9.57. The van der Waals surface area contributed by atoms with E-state index in [1.165, 1.54) is 6.42 Å². The highest BCUT2D eigenvalue weighted by atomic mass is 16.5. The van der Waals surface area contributed by atoms with Crippen LogP contribution in [-0.2, 0) is 12.8 Å². The Bertz CT molecular complexity index is 412. The van der Waals surface area contributed by atoms with E-state index in [9.17, 15) is 0 Å². The zero-order valence-electron chi connectivity index (χ0n) is 12.4. The van der Waals surface area contributed by atoms with Crippen molar-refractivity contribution in [3.63, 3.8) is 0 Å². The summed E-state index contributed by atoms with van der Waals surface area (Å²) in [6, 6.07) is 3.12. The van der Waals surface area contributed by atoms with E-state index in [0.29, 0.717) is 29.8 Å². The molecule has 2 rings (SSSR count). The Morgan fingerprint density at radius 1 is 1.53 bits per heavy atom. The third-order valence-corrected chi connectivity index (χ3v) is 4.43. The van der Waals surface area contributed by atoms with E-state index in [1.807, 2.05) is 6.07 Å². The lowest BCUT2D eigenvalue weighted by Gasteiger charge is -2.53. The van der Waals surface area contributed by atoms with E-state index >= 15 is 0 Å². The average molecular weight is 266 g/mol. The number of hydrogen-bond donors (Lipinski definition) is 2. The summed E-state index contributed by atoms with van der Waals surface area (Å²) in [7, 11) is 0. The molecule has 1 aromatic heterocycles. The number of aromatic nitrogens is 1. The van der Waals surface area contributed by atoms with Crippen LogP contribution in [0.3, 0.4) is 0 Å². The number of rotatable bonds is 6. The summed E-state index contributed by atoms with van der Waals surface area (Å²) in [4.78, 5) is 0. The fourth-order valence-electron chi connectivity index (χ4n) is 2.98. The van der Waals surface area contributed by atoms with Gasteiger partial charge in [0, 0.05) is 24.6 Å². The molecule has 1 aliphatic rings. The van der Waals surface area contributed by atoms with Gasteiger partial charge in [0.05, 0.1) is 12.3 Å². The van der Waals surface area contributed by atoms with Crippen LogP contribution in [0.1, 0.15) is 45.6 Å². The fraction of sp³-hybridized carbons (Fsp3) is 0.800. The van der Waals surface area contributed by atoms with Crippen LogP contribution in [0.5, 0.6) is 0 Å². The molecule has 0 saturated heterocycles. The van der Waals surface area contributed by atoms with Crippen molar-refractivity contribution in [3.05, 3.63) is 17.5 Å². The highest BCUT2D eigenvalue weighted by molar-refractivity contribution is 5.11. The molecule has 2 N–H and O–H groups in total. The lowest BCUT2D eigenvalue weighted by Crippen LogP contribution is -2.58. The van der Waals surface area contributed by atoms with Crippen molar-refractivity contribution in [2.24, 2.45) is 11.3 Å². The summed E-state index contributed by atoms with van der Waals surface area (Å²) < 4.78 is 5.21. The molecular formula is C15H26N2O2. The van der Waals surface area contributed by atoms with Crippen LogP contribution in [0.15, 0.2) is 10.6 Å². The monoisotopic (exact) mass is 266 g/mol. The quantitative estimate of drug-likeness (QED) is 0.828. The first-order valence-electron chi connectivity index (χ1n) is 7.25. The Kier molecular flexibility index (Phi) is 4.31. The van der Waals surface area contributed by atoms with Gasteiger partial charge in [-0.25, -0.2) is 0 Å². The Morgan fingerprint density at radius 2 is 2.26 bits per heavy atom. The summed E-state index contributed by atoms with van der Waals surface area (Å²) >= 11 is 0.